The maximum absolute atomic E-state index is 14.6. The van der Waals surface area contributed by atoms with Crippen LogP contribution in [0.2, 0.25) is 0 Å². The van der Waals surface area contributed by atoms with Gasteiger partial charge in [-0.05, 0) is 19.1 Å². The van der Waals surface area contributed by atoms with Crippen LogP contribution < -0.4 is 21.9 Å². The molecule has 0 aromatic heterocycles. The first-order valence-electron chi connectivity index (χ1n) is 10.3. The van der Waals surface area contributed by atoms with Crippen molar-refractivity contribution in [3.8, 4) is 0 Å². The monoisotopic (exact) mass is 473 g/mol. The summed E-state index contributed by atoms with van der Waals surface area (Å²) in [7, 11) is 0. The third-order valence-corrected chi connectivity index (χ3v) is 6.02. The number of alkyl halides is 3. The van der Waals surface area contributed by atoms with E-state index in [2.05, 4.69) is 0 Å². The van der Waals surface area contributed by atoms with Crippen LogP contribution in [0.5, 0.6) is 0 Å². The fourth-order valence-electron chi connectivity index (χ4n) is 4.72. The van der Waals surface area contributed by atoms with Gasteiger partial charge in [0.05, 0.1) is 5.56 Å². The first-order valence-corrected chi connectivity index (χ1v) is 10.3. The van der Waals surface area contributed by atoms with E-state index in [1.807, 2.05) is 0 Å². The Balaban J connectivity index is 2.24. The van der Waals surface area contributed by atoms with Gasteiger partial charge < -0.3 is 0 Å². The van der Waals surface area contributed by atoms with Crippen molar-refractivity contribution in [2.75, 3.05) is 0 Å². The molecular formula is C26H17BF7-. The van der Waals surface area contributed by atoms with E-state index in [1.165, 1.54) is 12.1 Å². The normalized spacial score (nSPS) is 13.5. The number of hydrogen-bond acceptors (Lipinski definition) is 0. The van der Waals surface area contributed by atoms with Crippen LogP contribution in [0.3, 0.4) is 0 Å². The molecule has 0 aliphatic rings. The molecule has 8 heteroatoms. The Morgan fingerprint density at radius 3 is 1.59 bits per heavy atom. The number of rotatable bonds is 4. The molecule has 0 fully saturated rings. The van der Waals surface area contributed by atoms with Gasteiger partial charge in [0.1, 0.15) is 29.4 Å². The van der Waals surface area contributed by atoms with Gasteiger partial charge in [-0.25, -0.2) is 17.6 Å². The Labute approximate surface area is 191 Å². The fourth-order valence-corrected chi connectivity index (χ4v) is 4.72. The van der Waals surface area contributed by atoms with Gasteiger partial charge in [-0.15, -0.1) is 0 Å². The Kier molecular flexibility index (Phi) is 6.02. The summed E-state index contributed by atoms with van der Waals surface area (Å²) in [6.45, 7) is 1.73. The summed E-state index contributed by atoms with van der Waals surface area (Å²) in [4.78, 5) is 0. The van der Waals surface area contributed by atoms with E-state index >= 15 is 0 Å². The van der Waals surface area contributed by atoms with Gasteiger partial charge in [0.15, 0.2) is 0 Å². The molecule has 0 radical (unpaired) electrons. The summed E-state index contributed by atoms with van der Waals surface area (Å²) < 4.78 is 99.0. The van der Waals surface area contributed by atoms with Crippen LogP contribution in [0.4, 0.5) is 30.7 Å². The average Bonchev–Trinajstić information content (AvgIpc) is 2.73. The highest BCUT2D eigenvalue weighted by Crippen LogP contribution is 2.29. The first-order chi connectivity index (χ1) is 16.0. The lowest BCUT2D eigenvalue weighted by Crippen LogP contribution is -2.75. The fraction of sp³-hybridized carbons (Fsp3) is 0.0769. The van der Waals surface area contributed by atoms with E-state index in [4.69, 9.17) is 0 Å². The minimum atomic E-state index is -4.89. The lowest BCUT2D eigenvalue weighted by atomic mass is 9.13. The smallest absolute Gasteiger partial charge is 0.207 e. The standard InChI is InChI=1S/C26H17BF7/c1-16-4-2-5-18(8-16)27(19-6-3-7-22(28)11-19,21-13-24(30)15-25(31)14-21)20-9-17(26(32,33)34)10-23(29)12-20/h2-15H,1H3/q-1. The predicted octanol–water partition coefficient (Wildman–Crippen LogP) is 4.95. The van der Waals surface area contributed by atoms with Gasteiger partial charge in [0, 0.05) is 6.07 Å². The minimum Gasteiger partial charge on any atom is -0.207 e. The minimum absolute atomic E-state index is 0.0626. The molecule has 1 unspecified atom stereocenters. The zero-order valence-corrected chi connectivity index (χ0v) is 17.8. The number of halogens is 7. The molecule has 174 valence electrons. The molecule has 0 saturated heterocycles. The molecular weight excluding hydrogens is 456 g/mol. The van der Waals surface area contributed by atoms with Crippen LogP contribution in [0.15, 0.2) is 84.9 Å². The van der Waals surface area contributed by atoms with Gasteiger partial charge >= 0.3 is 6.18 Å². The van der Waals surface area contributed by atoms with E-state index in [9.17, 15) is 30.7 Å². The van der Waals surface area contributed by atoms with Gasteiger partial charge in [0.25, 0.3) is 0 Å². The van der Waals surface area contributed by atoms with E-state index in [0.29, 0.717) is 23.2 Å². The number of aryl methyl sites for hydroxylation is 1. The molecule has 0 heterocycles. The highest BCUT2D eigenvalue weighted by Gasteiger charge is 2.37. The molecule has 1 atom stereocenters. The van der Waals surface area contributed by atoms with Crippen LogP contribution in [0.25, 0.3) is 0 Å². The molecule has 0 aliphatic heterocycles. The highest BCUT2D eigenvalue weighted by molar-refractivity contribution is 7.19. The molecule has 0 N–H and O–H groups in total. The predicted molar refractivity (Wildman–Crippen MR) is 120 cm³/mol. The molecule has 0 amide bonds. The number of hydrogen-bond donors (Lipinski definition) is 0. The first kappa shape index (κ1) is 23.6. The molecule has 4 aromatic rings. The molecule has 0 bridgehead atoms. The van der Waals surface area contributed by atoms with Gasteiger partial charge in [0.2, 0.25) is 0 Å². The van der Waals surface area contributed by atoms with Crippen LogP contribution in [-0.4, -0.2) is 6.15 Å². The largest absolute Gasteiger partial charge is 0.416 e. The van der Waals surface area contributed by atoms with E-state index < -0.39 is 41.2 Å². The van der Waals surface area contributed by atoms with E-state index in [-0.39, 0.29) is 16.4 Å². The molecule has 0 saturated carbocycles. The second kappa shape index (κ2) is 8.67. The highest BCUT2D eigenvalue weighted by atomic mass is 19.4. The molecule has 34 heavy (non-hydrogen) atoms. The quantitative estimate of drug-likeness (QED) is 0.291. The second-order valence-electron chi connectivity index (χ2n) is 8.31. The number of benzene rings is 4. The molecule has 4 aromatic carbocycles. The summed E-state index contributed by atoms with van der Waals surface area (Å²) >= 11 is 0. The lowest BCUT2D eigenvalue weighted by Gasteiger charge is -2.44. The third kappa shape index (κ3) is 4.32. The summed E-state index contributed by atoms with van der Waals surface area (Å²) in [5.41, 5.74) is -0.358. The van der Waals surface area contributed by atoms with Crippen LogP contribution in [0, 0.1) is 30.2 Å². The van der Waals surface area contributed by atoms with Crippen molar-refractivity contribution >= 4 is 28.0 Å². The van der Waals surface area contributed by atoms with Crippen molar-refractivity contribution in [2.45, 2.75) is 13.1 Å². The van der Waals surface area contributed by atoms with Crippen molar-refractivity contribution in [1.82, 2.24) is 0 Å². The van der Waals surface area contributed by atoms with Gasteiger partial charge in [-0.3, -0.25) is 0 Å². The van der Waals surface area contributed by atoms with Crippen molar-refractivity contribution in [1.29, 1.82) is 0 Å². The molecule has 0 spiro atoms. The topological polar surface area (TPSA) is 0 Å². The van der Waals surface area contributed by atoms with Crippen LogP contribution in [0.1, 0.15) is 11.1 Å². The Hall–Kier alpha value is -3.55. The maximum Gasteiger partial charge on any atom is 0.416 e. The Morgan fingerprint density at radius 2 is 1.03 bits per heavy atom. The van der Waals surface area contributed by atoms with E-state index in [0.717, 1.165) is 36.4 Å². The zero-order valence-electron chi connectivity index (χ0n) is 17.8. The van der Waals surface area contributed by atoms with Crippen molar-refractivity contribution in [2.24, 2.45) is 0 Å². The summed E-state index contributed by atoms with van der Waals surface area (Å²) in [6, 6.07) is 16.1. The van der Waals surface area contributed by atoms with Crippen molar-refractivity contribution < 1.29 is 30.7 Å². The lowest BCUT2D eigenvalue weighted by molar-refractivity contribution is -0.137. The Bertz CT molecular complexity index is 1300. The average molecular weight is 473 g/mol. The van der Waals surface area contributed by atoms with Gasteiger partial charge in [-0.1, -0.05) is 72.3 Å². The van der Waals surface area contributed by atoms with Crippen molar-refractivity contribution in [3.05, 3.63) is 119 Å². The summed E-state index contributed by atoms with van der Waals surface area (Å²) in [5.74, 6) is -3.84. The maximum atomic E-state index is 14.6. The van der Waals surface area contributed by atoms with Crippen LogP contribution >= 0.6 is 0 Å². The van der Waals surface area contributed by atoms with Crippen molar-refractivity contribution in [3.63, 3.8) is 0 Å². The molecule has 0 nitrogen and oxygen atoms in total. The summed E-state index contributed by atoms with van der Waals surface area (Å²) in [6.07, 6.45) is -7.73. The van der Waals surface area contributed by atoms with Crippen LogP contribution in [-0.2, 0) is 6.18 Å². The molecule has 4 rings (SSSR count). The third-order valence-electron chi connectivity index (χ3n) is 6.02. The van der Waals surface area contributed by atoms with Gasteiger partial charge in [-0.2, -0.15) is 35.0 Å². The summed E-state index contributed by atoms with van der Waals surface area (Å²) in [5, 5.41) is 0. The van der Waals surface area contributed by atoms with E-state index in [1.54, 1.807) is 31.2 Å². The Morgan fingerprint density at radius 1 is 0.529 bits per heavy atom. The SMILES string of the molecule is Cc1cccc([B-](c2cccc(F)c2)(c2cc(F)cc(F)c2)c2cc(F)cc(C(F)(F)F)c2)c1. The molecule has 0 aliphatic carbocycles. The second-order valence-corrected chi connectivity index (χ2v) is 8.31. The zero-order chi connectivity index (χ0) is 24.7.